The Balaban J connectivity index is 1.74. The van der Waals surface area contributed by atoms with E-state index in [1.807, 2.05) is 0 Å². The Hall–Kier alpha value is -4.08. The number of nitrogens with zero attached hydrogens (tertiary/aromatic N) is 1. The quantitative estimate of drug-likeness (QED) is 0.245. The third-order valence-corrected chi connectivity index (χ3v) is 6.84. The van der Waals surface area contributed by atoms with E-state index in [1.54, 1.807) is 36.4 Å². The number of fused-ring (bicyclic) bond motifs is 1. The molecule has 0 spiro atoms. The number of methoxy groups -OCH3 is 3. The van der Waals surface area contributed by atoms with Crippen LogP contribution >= 0.6 is 23.2 Å². The molecule has 0 aromatic heterocycles. The standard InChI is InChI=1S/C27H21Cl2NO8/c1-34-18-6-4-13(10-20(18)35-2)23-22(24(31)14-8-16(28)26(36-3)17(29)9-14)25(32)27(33)30(23)15-5-7-19-21(11-15)38-12-37-19/h4-11,23,31H,12H2,1-3H3/b24-22+. The van der Waals surface area contributed by atoms with Crippen molar-refractivity contribution >= 4 is 46.3 Å². The van der Waals surface area contributed by atoms with Gasteiger partial charge in [0.2, 0.25) is 6.79 Å². The molecule has 3 aromatic carbocycles. The molecule has 0 aliphatic carbocycles. The second-order valence-electron chi connectivity index (χ2n) is 8.29. The molecule has 2 aliphatic heterocycles. The first-order valence-electron chi connectivity index (χ1n) is 11.2. The van der Waals surface area contributed by atoms with Crippen LogP contribution in [0.1, 0.15) is 17.2 Å². The molecule has 1 N–H and O–H groups in total. The molecule has 3 aromatic rings. The molecule has 0 bridgehead atoms. The van der Waals surface area contributed by atoms with Crippen molar-refractivity contribution in [2.45, 2.75) is 6.04 Å². The van der Waals surface area contributed by atoms with Gasteiger partial charge in [-0.3, -0.25) is 14.5 Å². The van der Waals surface area contributed by atoms with Crippen molar-refractivity contribution in [1.82, 2.24) is 0 Å². The Labute approximate surface area is 227 Å². The topological polar surface area (TPSA) is 104 Å². The highest BCUT2D eigenvalue weighted by molar-refractivity contribution is 6.51. The summed E-state index contributed by atoms with van der Waals surface area (Å²) in [4.78, 5) is 28.2. The summed E-state index contributed by atoms with van der Waals surface area (Å²) in [6.07, 6.45) is 0. The van der Waals surface area contributed by atoms with Crippen molar-refractivity contribution in [2.24, 2.45) is 0 Å². The number of aliphatic hydroxyl groups excluding tert-OH is 1. The summed E-state index contributed by atoms with van der Waals surface area (Å²) in [6, 6.07) is 11.6. The second kappa shape index (κ2) is 10.00. The minimum atomic E-state index is -1.05. The number of hydrogen-bond acceptors (Lipinski definition) is 8. The third-order valence-electron chi connectivity index (χ3n) is 6.28. The number of ketones is 1. The molecule has 2 aliphatic rings. The molecular formula is C27H21Cl2NO8. The van der Waals surface area contributed by atoms with Crippen LogP contribution in [0.4, 0.5) is 5.69 Å². The zero-order valence-electron chi connectivity index (χ0n) is 20.4. The maximum atomic E-state index is 13.5. The molecule has 196 valence electrons. The largest absolute Gasteiger partial charge is 0.507 e. The molecule has 1 atom stereocenters. The minimum absolute atomic E-state index is 0.0374. The van der Waals surface area contributed by atoms with E-state index in [1.165, 1.54) is 38.4 Å². The van der Waals surface area contributed by atoms with Gasteiger partial charge in [-0.05, 0) is 42.0 Å². The lowest BCUT2D eigenvalue weighted by Gasteiger charge is -2.26. The van der Waals surface area contributed by atoms with Gasteiger partial charge in [-0.2, -0.15) is 0 Å². The van der Waals surface area contributed by atoms with Crippen LogP contribution in [0.5, 0.6) is 28.7 Å². The van der Waals surface area contributed by atoms with Gasteiger partial charge in [-0.15, -0.1) is 0 Å². The number of amides is 1. The molecule has 0 radical (unpaired) electrons. The van der Waals surface area contributed by atoms with Crippen molar-refractivity contribution in [2.75, 3.05) is 33.0 Å². The van der Waals surface area contributed by atoms with E-state index in [0.717, 1.165) is 0 Å². The number of ether oxygens (including phenoxy) is 5. The Morgan fingerprint density at radius 2 is 1.58 bits per heavy atom. The van der Waals surface area contributed by atoms with Crippen molar-refractivity contribution in [1.29, 1.82) is 0 Å². The van der Waals surface area contributed by atoms with E-state index in [-0.39, 0.29) is 33.7 Å². The number of halogens is 2. The number of hydrogen-bond donors (Lipinski definition) is 1. The molecular weight excluding hydrogens is 537 g/mol. The summed E-state index contributed by atoms with van der Waals surface area (Å²) >= 11 is 12.6. The smallest absolute Gasteiger partial charge is 0.300 e. The van der Waals surface area contributed by atoms with E-state index in [0.29, 0.717) is 34.2 Å². The Morgan fingerprint density at radius 3 is 2.24 bits per heavy atom. The highest BCUT2D eigenvalue weighted by Crippen LogP contribution is 2.47. The molecule has 1 amide bonds. The maximum absolute atomic E-state index is 13.5. The van der Waals surface area contributed by atoms with Gasteiger partial charge in [0.25, 0.3) is 11.7 Å². The number of Topliss-reactive ketones (excluding diaryl/α,β-unsaturated/α-hetero) is 1. The van der Waals surface area contributed by atoms with Crippen molar-refractivity contribution < 1.29 is 38.4 Å². The van der Waals surface area contributed by atoms with E-state index in [2.05, 4.69) is 0 Å². The lowest BCUT2D eigenvalue weighted by molar-refractivity contribution is -0.132. The first-order chi connectivity index (χ1) is 18.3. The normalized spacial score (nSPS) is 17.6. The van der Waals surface area contributed by atoms with Gasteiger partial charge >= 0.3 is 0 Å². The van der Waals surface area contributed by atoms with Crippen LogP contribution in [0.3, 0.4) is 0 Å². The molecule has 9 nitrogen and oxygen atoms in total. The van der Waals surface area contributed by atoms with Gasteiger partial charge in [0.05, 0.1) is 43.0 Å². The van der Waals surface area contributed by atoms with Gasteiger partial charge in [-0.1, -0.05) is 29.3 Å². The summed E-state index contributed by atoms with van der Waals surface area (Å²) in [5.74, 6) is -0.250. The minimum Gasteiger partial charge on any atom is -0.507 e. The average Bonchev–Trinajstić information content (AvgIpc) is 3.49. The lowest BCUT2D eigenvalue weighted by atomic mass is 9.94. The van der Waals surface area contributed by atoms with E-state index >= 15 is 0 Å². The molecule has 1 saturated heterocycles. The molecule has 2 heterocycles. The molecule has 0 saturated carbocycles. The van der Waals surface area contributed by atoms with Crippen molar-refractivity contribution in [3.05, 3.63) is 75.3 Å². The van der Waals surface area contributed by atoms with Crippen LogP contribution in [0.15, 0.2) is 54.1 Å². The van der Waals surface area contributed by atoms with Gasteiger partial charge in [0.15, 0.2) is 28.7 Å². The Morgan fingerprint density at radius 1 is 0.895 bits per heavy atom. The molecule has 1 unspecified atom stereocenters. The fourth-order valence-corrected chi connectivity index (χ4v) is 5.16. The number of aliphatic hydroxyl groups is 1. The zero-order chi connectivity index (χ0) is 27.1. The van der Waals surface area contributed by atoms with Gasteiger partial charge < -0.3 is 28.8 Å². The number of anilines is 1. The zero-order valence-corrected chi connectivity index (χ0v) is 21.9. The number of carbonyl (C=O) groups is 2. The third kappa shape index (κ3) is 4.13. The van der Waals surface area contributed by atoms with Crippen LogP contribution in [0.25, 0.3) is 5.76 Å². The Bertz CT molecular complexity index is 1480. The number of benzene rings is 3. The highest BCUT2D eigenvalue weighted by atomic mass is 35.5. The predicted octanol–water partition coefficient (Wildman–Crippen LogP) is 5.37. The molecule has 5 rings (SSSR count). The van der Waals surface area contributed by atoms with Crippen molar-refractivity contribution in [3.63, 3.8) is 0 Å². The number of carbonyl (C=O) groups excluding carboxylic acids is 2. The monoisotopic (exact) mass is 557 g/mol. The molecule has 38 heavy (non-hydrogen) atoms. The second-order valence-corrected chi connectivity index (χ2v) is 9.11. The van der Waals surface area contributed by atoms with Crippen LogP contribution in [-0.4, -0.2) is 44.9 Å². The lowest BCUT2D eigenvalue weighted by Crippen LogP contribution is -2.29. The van der Waals surface area contributed by atoms with Gasteiger partial charge in [0.1, 0.15) is 5.76 Å². The first-order valence-corrected chi connectivity index (χ1v) is 12.0. The summed E-state index contributed by atoms with van der Waals surface area (Å²) in [6.45, 7) is 0.0374. The van der Waals surface area contributed by atoms with Crippen molar-refractivity contribution in [3.8, 4) is 28.7 Å². The van der Waals surface area contributed by atoms with E-state index < -0.39 is 23.5 Å². The summed E-state index contributed by atoms with van der Waals surface area (Å²) in [7, 11) is 4.37. The van der Waals surface area contributed by atoms with Gasteiger partial charge in [0, 0.05) is 17.3 Å². The van der Waals surface area contributed by atoms with Gasteiger partial charge in [-0.25, -0.2) is 0 Å². The Kier molecular flexibility index (Phi) is 6.73. The summed E-state index contributed by atoms with van der Waals surface area (Å²) < 4.78 is 26.8. The fraction of sp³-hybridized carbons (Fsp3) is 0.185. The summed E-state index contributed by atoms with van der Waals surface area (Å²) in [5.41, 5.74) is 0.805. The average molecular weight is 558 g/mol. The van der Waals surface area contributed by atoms with Crippen LogP contribution in [0, 0.1) is 0 Å². The highest BCUT2D eigenvalue weighted by Gasteiger charge is 2.47. The number of rotatable bonds is 6. The molecule has 11 heteroatoms. The SMILES string of the molecule is COc1ccc(C2/C(=C(\O)c3cc(Cl)c(OC)c(Cl)c3)C(=O)C(=O)N2c2ccc3c(c2)OCO3)cc1OC. The van der Waals surface area contributed by atoms with Crippen LogP contribution in [0.2, 0.25) is 10.0 Å². The van der Waals surface area contributed by atoms with E-state index in [9.17, 15) is 14.7 Å². The first kappa shape index (κ1) is 25.6. The fourth-order valence-electron chi connectivity index (χ4n) is 4.52. The maximum Gasteiger partial charge on any atom is 0.300 e. The van der Waals surface area contributed by atoms with E-state index in [4.69, 9.17) is 46.9 Å². The van der Waals surface area contributed by atoms with Crippen LogP contribution in [-0.2, 0) is 9.59 Å². The molecule has 1 fully saturated rings. The summed E-state index contributed by atoms with van der Waals surface area (Å²) in [5, 5.41) is 11.7. The predicted molar refractivity (Wildman–Crippen MR) is 140 cm³/mol. The van der Waals surface area contributed by atoms with Crippen LogP contribution < -0.4 is 28.6 Å².